The van der Waals surface area contributed by atoms with Gasteiger partial charge < -0.3 is 9.84 Å². The van der Waals surface area contributed by atoms with Gasteiger partial charge in [0.1, 0.15) is 11.6 Å². The summed E-state index contributed by atoms with van der Waals surface area (Å²) in [5.74, 6) is -0.650. The van der Waals surface area contributed by atoms with Crippen LogP contribution < -0.4 is 5.32 Å². The number of hydrogen-bond acceptors (Lipinski definition) is 4. The van der Waals surface area contributed by atoms with E-state index in [1.165, 1.54) is 12.1 Å². The third-order valence-corrected chi connectivity index (χ3v) is 2.96. The van der Waals surface area contributed by atoms with Crippen molar-refractivity contribution in [2.24, 2.45) is 0 Å². The summed E-state index contributed by atoms with van der Waals surface area (Å²) >= 11 is 0. The van der Waals surface area contributed by atoms with E-state index in [1.54, 1.807) is 37.3 Å². The molecule has 0 saturated carbocycles. The van der Waals surface area contributed by atoms with Gasteiger partial charge in [0.15, 0.2) is 0 Å². The van der Waals surface area contributed by atoms with Crippen LogP contribution in [0.25, 0.3) is 11.4 Å². The third-order valence-electron chi connectivity index (χ3n) is 2.96. The van der Waals surface area contributed by atoms with E-state index >= 15 is 0 Å². The van der Waals surface area contributed by atoms with Crippen molar-refractivity contribution in [2.75, 3.05) is 5.32 Å². The van der Waals surface area contributed by atoms with Crippen molar-refractivity contribution in [3.8, 4) is 11.4 Å². The summed E-state index contributed by atoms with van der Waals surface area (Å²) in [5.41, 5.74) is 1.25. The third kappa shape index (κ3) is 2.74. The van der Waals surface area contributed by atoms with Crippen molar-refractivity contribution in [3.05, 3.63) is 59.7 Å². The molecular formula is C15H11F2N3O. The predicted molar refractivity (Wildman–Crippen MR) is 74.1 cm³/mol. The van der Waals surface area contributed by atoms with Gasteiger partial charge in [-0.25, -0.2) is 8.78 Å². The lowest BCUT2D eigenvalue weighted by Crippen LogP contribution is -1.93. The van der Waals surface area contributed by atoms with Crippen LogP contribution in [-0.4, -0.2) is 10.1 Å². The van der Waals surface area contributed by atoms with Crippen molar-refractivity contribution < 1.29 is 13.3 Å². The van der Waals surface area contributed by atoms with Gasteiger partial charge in [0, 0.05) is 5.69 Å². The summed E-state index contributed by atoms with van der Waals surface area (Å²) in [7, 11) is 0. The highest BCUT2D eigenvalue weighted by molar-refractivity contribution is 5.58. The summed E-state index contributed by atoms with van der Waals surface area (Å²) in [6.07, 6.45) is 0. The van der Waals surface area contributed by atoms with Crippen molar-refractivity contribution in [1.29, 1.82) is 0 Å². The van der Waals surface area contributed by atoms with E-state index in [-0.39, 0.29) is 23.2 Å². The van der Waals surface area contributed by atoms with Crippen LogP contribution in [0.15, 0.2) is 47.0 Å². The first kappa shape index (κ1) is 13.2. The zero-order valence-corrected chi connectivity index (χ0v) is 11.1. The van der Waals surface area contributed by atoms with Crippen LogP contribution in [0, 0.1) is 18.6 Å². The molecule has 0 atom stereocenters. The Balaban J connectivity index is 1.85. The molecule has 0 aliphatic carbocycles. The monoisotopic (exact) mass is 287 g/mol. The standard InChI is InChI=1S/C15H11F2N3O/c1-9-6-7-10(8-13(9)17)18-15-19-14(20-21-15)11-4-2-3-5-12(11)16/h2-8H,1H3,(H,18,19,20). The van der Waals surface area contributed by atoms with Gasteiger partial charge in [-0.2, -0.15) is 4.98 Å². The maximum atomic E-state index is 13.6. The summed E-state index contributed by atoms with van der Waals surface area (Å²) in [6.45, 7) is 1.67. The molecule has 0 spiro atoms. The number of hydrogen-bond donors (Lipinski definition) is 1. The molecule has 1 heterocycles. The molecule has 106 valence electrons. The lowest BCUT2D eigenvalue weighted by atomic mass is 10.2. The summed E-state index contributed by atoms with van der Waals surface area (Å²) in [5, 5.41) is 6.48. The van der Waals surface area contributed by atoms with Gasteiger partial charge in [-0.05, 0) is 36.8 Å². The van der Waals surface area contributed by atoms with Crippen LogP contribution in [-0.2, 0) is 0 Å². The van der Waals surface area contributed by atoms with E-state index in [2.05, 4.69) is 15.5 Å². The normalized spacial score (nSPS) is 10.6. The molecule has 21 heavy (non-hydrogen) atoms. The predicted octanol–water partition coefficient (Wildman–Crippen LogP) is 4.07. The number of benzene rings is 2. The second-order valence-electron chi connectivity index (χ2n) is 4.49. The average molecular weight is 287 g/mol. The van der Waals surface area contributed by atoms with Crippen LogP contribution in [0.5, 0.6) is 0 Å². The zero-order valence-electron chi connectivity index (χ0n) is 11.1. The molecule has 4 nitrogen and oxygen atoms in total. The van der Waals surface area contributed by atoms with E-state index < -0.39 is 5.82 Å². The SMILES string of the molecule is Cc1ccc(Nc2nc(-c3ccccc3F)no2)cc1F. The number of halogens is 2. The Morgan fingerprint density at radius 1 is 1.05 bits per heavy atom. The van der Waals surface area contributed by atoms with E-state index in [0.29, 0.717) is 11.3 Å². The van der Waals surface area contributed by atoms with Crippen molar-refractivity contribution >= 4 is 11.7 Å². The van der Waals surface area contributed by atoms with Crippen LogP contribution in [0.2, 0.25) is 0 Å². The van der Waals surface area contributed by atoms with Crippen molar-refractivity contribution in [3.63, 3.8) is 0 Å². The average Bonchev–Trinajstić information content (AvgIpc) is 2.92. The Kier molecular flexibility index (Phi) is 3.35. The Bertz CT molecular complexity index is 786. The molecule has 0 bridgehead atoms. The molecule has 0 saturated heterocycles. The maximum Gasteiger partial charge on any atom is 0.326 e. The van der Waals surface area contributed by atoms with Gasteiger partial charge in [-0.15, -0.1) is 0 Å². The van der Waals surface area contributed by atoms with Crippen LogP contribution >= 0.6 is 0 Å². The van der Waals surface area contributed by atoms with Crippen LogP contribution in [0.3, 0.4) is 0 Å². The Hall–Kier alpha value is -2.76. The summed E-state index contributed by atoms with van der Waals surface area (Å²) < 4.78 is 32.1. The Morgan fingerprint density at radius 3 is 2.62 bits per heavy atom. The second kappa shape index (κ2) is 5.32. The fourth-order valence-electron chi connectivity index (χ4n) is 1.82. The first-order valence-electron chi connectivity index (χ1n) is 6.25. The largest absolute Gasteiger partial charge is 0.326 e. The molecule has 0 aliphatic rings. The molecule has 0 aliphatic heterocycles. The second-order valence-corrected chi connectivity index (χ2v) is 4.49. The first-order valence-corrected chi connectivity index (χ1v) is 6.25. The quantitative estimate of drug-likeness (QED) is 0.789. The highest BCUT2D eigenvalue weighted by Crippen LogP contribution is 2.23. The van der Waals surface area contributed by atoms with Gasteiger partial charge >= 0.3 is 6.01 Å². The van der Waals surface area contributed by atoms with E-state index in [9.17, 15) is 8.78 Å². The number of aryl methyl sites for hydroxylation is 1. The number of anilines is 2. The van der Waals surface area contributed by atoms with Crippen molar-refractivity contribution in [2.45, 2.75) is 6.92 Å². The van der Waals surface area contributed by atoms with Gasteiger partial charge in [-0.3, -0.25) is 0 Å². The minimum atomic E-state index is -0.439. The summed E-state index contributed by atoms with van der Waals surface area (Å²) in [6, 6.07) is 10.8. The first-order chi connectivity index (χ1) is 10.1. The molecule has 3 rings (SSSR count). The molecule has 1 N–H and O–H groups in total. The Morgan fingerprint density at radius 2 is 1.86 bits per heavy atom. The van der Waals surface area contributed by atoms with Gasteiger partial charge in [0.05, 0.1) is 5.56 Å². The van der Waals surface area contributed by atoms with E-state index in [0.717, 1.165) is 0 Å². The van der Waals surface area contributed by atoms with Gasteiger partial charge in [-0.1, -0.05) is 23.4 Å². The lowest BCUT2D eigenvalue weighted by molar-refractivity contribution is 0.435. The summed E-state index contributed by atoms with van der Waals surface area (Å²) in [4.78, 5) is 4.04. The minimum Gasteiger partial charge on any atom is -0.315 e. The zero-order chi connectivity index (χ0) is 14.8. The highest BCUT2D eigenvalue weighted by atomic mass is 19.1. The number of nitrogens with one attached hydrogen (secondary N) is 1. The molecule has 3 aromatic rings. The molecular weight excluding hydrogens is 276 g/mol. The topological polar surface area (TPSA) is 51.0 Å². The van der Waals surface area contributed by atoms with E-state index in [1.807, 2.05) is 0 Å². The van der Waals surface area contributed by atoms with Crippen molar-refractivity contribution in [1.82, 2.24) is 10.1 Å². The van der Waals surface area contributed by atoms with Crippen LogP contribution in [0.1, 0.15) is 5.56 Å². The molecule has 0 radical (unpaired) electrons. The number of nitrogens with zero attached hydrogens (tertiary/aromatic N) is 2. The Labute approximate surface area is 119 Å². The molecule has 6 heteroatoms. The number of aromatic nitrogens is 2. The molecule has 0 amide bonds. The minimum absolute atomic E-state index is 0.0662. The lowest BCUT2D eigenvalue weighted by Gasteiger charge is -2.02. The molecule has 2 aromatic carbocycles. The van der Waals surface area contributed by atoms with Gasteiger partial charge in [0.25, 0.3) is 0 Å². The molecule has 0 fully saturated rings. The fourth-order valence-corrected chi connectivity index (χ4v) is 1.82. The van der Waals surface area contributed by atoms with Gasteiger partial charge in [0.2, 0.25) is 5.82 Å². The highest BCUT2D eigenvalue weighted by Gasteiger charge is 2.12. The fraction of sp³-hybridized carbons (Fsp3) is 0.0667. The van der Waals surface area contributed by atoms with E-state index in [4.69, 9.17) is 4.52 Å². The molecule has 0 unspecified atom stereocenters. The smallest absolute Gasteiger partial charge is 0.315 e. The number of rotatable bonds is 3. The maximum absolute atomic E-state index is 13.6. The molecule has 1 aromatic heterocycles. The van der Waals surface area contributed by atoms with Crippen LogP contribution in [0.4, 0.5) is 20.5 Å².